The number of aromatic nitrogens is 1. The Morgan fingerprint density at radius 2 is 1.74 bits per heavy atom. The lowest BCUT2D eigenvalue weighted by molar-refractivity contribution is -0.118. The van der Waals surface area contributed by atoms with Crippen LogP contribution in [0.5, 0.6) is 0 Å². The second-order valence-corrected chi connectivity index (χ2v) is 5.83. The van der Waals surface area contributed by atoms with E-state index in [1.165, 1.54) is 41.4 Å². The standard InChI is InChI=1S/C20H17F3N2O2/c1-2-25(14-8-6-13(21)7-9-14)19(26)11-10-18-24-12-17(27-18)20-15(22)4-3-5-16(20)23/h3-9,12H,2,10-11H2,1H3. The molecule has 0 aliphatic heterocycles. The van der Waals surface area contributed by atoms with Gasteiger partial charge >= 0.3 is 0 Å². The summed E-state index contributed by atoms with van der Waals surface area (Å²) in [7, 11) is 0. The van der Waals surface area contributed by atoms with Gasteiger partial charge in [0.1, 0.15) is 17.5 Å². The Morgan fingerprint density at radius 1 is 1.07 bits per heavy atom. The number of oxazole rings is 1. The summed E-state index contributed by atoms with van der Waals surface area (Å²) in [6.07, 6.45) is 1.50. The molecule has 1 amide bonds. The van der Waals surface area contributed by atoms with E-state index < -0.39 is 11.6 Å². The van der Waals surface area contributed by atoms with Crippen molar-refractivity contribution in [2.45, 2.75) is 19.8 Å². The van der Waals surface area contributed by atoms with Gasteiger partial charge in [-0.05, 0) is 43.3 Å². The third kappa shape index (κ3) is 4.19. The summed E-state index contributed by atoms with van der Waals surface area (Å²) in [6.45, 7) is 2.23. The lowest BCUT2D eigenvalue weighted by Crippen LogP contribution is -2.30. The number of hydrogen-bond donors (Lipinski definition) is 0. The Labute approximate surface area is 154 Å². The van der Waals surface area contributed by atoms with Gasteiger partial charge in [0.2, 0.25) is 5.91 Å². The Morgan fingerprint density at radius 3 is 2.37 bits per heavy atom. The Kier molecular flexibility index (Phi) is 5.59. The molecule has 0 saturated heterocycles. The maximum absolute atomic E-state index is 13.8. The van der Waals surface area contributed by atoms with Crippen molar-refractivity contribution >= 4 is 11.6 Å². The molecular formula is C20H17F3N2O2. The maximum atomic E-state index is 13.8. The van der Waals surface area contributed by atoms with Gasteiger partial charge in [0, 0.05) is 25.1 Å². The first-order valence-corrected chi connectivity index (χ1v) is 8.44. The largest absolute Gasteiger partial charge is 0.441 e. The van der Waals surface area contributed by atoms with Crippen LogP contribution >= 0.6 is 0 Å². The molecule has 0 radical (unpaired) electrons. The third-order valence-electron chi connectivity index (χ3n) is 4.07. The Hall–Kier alpha value is -3.09. The molecule has 0 aliphatic carbocycles. The van der Waals surface area contributed by atoms with Crippen molar-refractivity contribution in [1.29, 1.82) is 0 Å². The van der Waals surface area contributed by atoms with Crippen LogP contribution in [0.15, 0.2) is 53.1 Å². The summed E-state index contributed by atoms with van der Waals surface area (Å²) in [5, 5.41) is 0. The zero-order valence-corrected chi connectivity index (χ0v) is 14.6. The minimum absolute atomic E-state index is 0.0288. The van der Waals surface area contributed by atoms with Crippen LogP contribution < -0.4 is 4.90 Å². The first-order chi connectivity index (χ1) is 13.0. The Bertz CT molecular complexity index is 918. The van der Waals surface area contributed by atoms with Crippen LogP contribution in [0.25, 0.3) is 11.3 Å². The zero-order valence-electron chi connectivity index (χ0n) is 14.6. The SMILES string of the molecule is CCN(C(=O)CCc1ncc(-c2c(F)cccc2F)o1)c1ccc(F)cc1. The molecule has 0 saturated carbocycles. The number of nitrogens with zero attached hydrogens (tertiary/aromatic N) is 2. The molecule has 27 heavy (non-hydrogen) atoms. The van der Waals surface area contributed by atoms with Gasteiger partial charge in [-0.25, -0.2) is 18.2 Å². The van der Waals surface area contributed by atoms with Crippen molar-refractivity contribution < 1.29 is 22.4 Å². The van der Waals surface area contributed by atoms with Gasteiger partial charge in [0.25, 0.3) is 0 Å². The molecule has 0 bridgehead atoms. The monoisotopic (exact) mass is 374 g/mol. The molecule has 0 spiro atoms. The number of carbonyl (C=O) groups excluding carboxylic acids is 1. The predicted octanol–water partition coefficient (Wildman–Crippen LogP) is 4.74. The zero-order chi connectivity index (χ0) is 19.4. The molecule has 1 aromatic heterocycles. The molecule has 1 heterocycles. The van der Waals surface area contributed by atoms with E-state index in [1.807, 2.05) is 6.92 Å². The van der Waals surface area contributed by atoms with Crippen molar-refractivity contribution in [3.63, 3.8) is 0 Å². The maximum Gasteiger partial charge on any atom is 0.227 e. The van der Waals surface area contributed by atoms with Crippen molar-refractivity contribution in [3.05, 3.63) is 72.0 Å². The number of benzene rings is 2. The van der Waals surface area contributed by atoms with Crippen LogP contribution in [0.2, 0.25) is 0 Å². The highest BCUT2D eigenvalue weighted by molar-refractivity contribution is 5.93. The molecule has 0 unspecified atom stereocenters. The van der Waals surface area contributed by atoms with E-state index in [-0.39, 0.29) is 41.8 Å². The quantitative estimate of drug-likeness (QED) is 0.626. The van der Waals surface area contributed by atoms with Crippen molar-refractivity contribution in [3.8, 4) is 11.3 Å². The van der Waals surface area contributed by atoms with E-state index in [0.29, 0.717) is 12.2 Å². The van der Waals surface area contributed by atoms with Crippen molar-refractivity contribution in [1.82, 2.24) is 4.98 Å². The normalized spacial score (nSPS) is 10.8. The van der Waals surface area contributed by atoms with Crippen LogP contribution in [0.4, 0.5) is 18.9 Å². The summed E-state index contributed by atoms with van der Waals surface area (Å²) in [5.74, 6) is -1.89. The number of hydrogen-bond acceptors (Lipinski definition) is 3. The smallest absolute Gasteiger partial charge is 0.227 e. The van der Waals surface area contributed by atoms with Gasteiger partial charge < -0.3 is 9.32 Å². The number of amides is 1. The molecule has 0 N–H and O–H groups in total. The van der Waals surface area contributed by atoms with Gasteiger partial charge in [-0.1, -0.05) is 6.07 Å². The van der Waals surface area contributed by atoms with Gasteiger partial charge in [0.05, 0.1) is 11.8 Å². The minimum atomic E-state index is -0.748. The molecule has 3 rings (SSSR count). The summed E-state index contributed by atoms with van der Waals surface area (Å²) in [6, 6.07) is 9.15. The van der Waals surface area contributed by atoms with Crippen LogP contribution in [0.3, 0.4) is 0 Å². The minimum Gasteiger partial charge on any atom is -0.441 e. The highest BCUT2D eigenvalue weighted by Crippen LogP contribution is 2.27. The number of rotatable bonds is 6. The number of aryl methyl sites for hydroxylation is 1. The van der Waals surface area contributed by atoms with E-state index in [1.54, 1.807) is 0 Å². The molecular weight excluding hydrogens is 357 g/mol. The van der Waals surface area contributed by atoms with Gasteiger partial charge in [0.15, 0.2) is 11.7 Å². The second kappa shape index (κ2) is 8.07. The lowest BCUT2D eigenvalue weighted by atomic mass is 10.1. The lowest BCUT2D eigenvalue weighted by Gasteiger charge is -2.20. The van der Waals surface area contributed by atoms with E-state index >= 15 is 0 Å². The topological polar surface area (TPSA) is 46.3 Å². The molecule has 7 heteroatoms. The highest BCUT2D eigenvalue weighted by atomic mass is 19.1. The number of carbonyl (C=O) groups is 1. The highest BCUT2D eigenvalue weighted by Gasteiger charge is 2.18. The van der Waals surface area contributed by atoms with E-state index in [9.17, 15) is 18.0 Å². The number of halogens is 3. The van der Waals surface area contributed by atoms with Crippen LogP contribution in [-0.4, -0.2) is 17.4 Å². The van der Waals surface area contributed by atoms with E-state index in [4.69, 9.17) is 4.42 Å². The van der Waals surface area contributed by atoms with E-state index in [2.05, 4.69) is 4.98 Å². The predicted molar refractivity (Wildman–Crippen MR) is 94.6 cm³/mol. The fraction of sp³-hybridized carbons (Fsp3) is 0.200. The van der Waals surface area contributed by atoms with Crippen LogP contribution in [-0.2, 0) is 11.2 Å². The molecule has 140 valence electrons. The van der Waals surface area contributed by atoms with Gasteiger partial charge in [-0.2, -0.15) is 0 Å². The van der Waals surface area contributed by atoms with Gasteiger partial charge in [-0.15, -0.1) is 0 Å². The van der Waals surface area contributed by atoms with Crippen molar-refractivity contribution in [2.75, 3.05) is 11.4 Å². The van der Waals surface area contributed by atoms with E-state index in [0.717, 1.165) is 12.1 Å². The second-order valence-electron chi connectivity index (χ2n) is 5.83. The first-order valence-electron chi connectivity index (χ1n) is 8.44. The van der Waals surface area contributed by atoms with Gasteiger partial charge in [-0.3, -0.25) is 4.79 Å². The average molecular weight is 374 g/mol. The molecule has 0 atom stereocenters. The first kappa shape index (κ1) is 18.7. The molecule has 3 aromatic rings. The summed E-state index contributed by atoms with van der Waals surface area (Å²) in [4.78, 5) is 18.0. The van der Waals surface area contributed by atoms with Crippen molar-refractivity contribution in [2.24, 2.45) is 0 Å². The van der Waals surface area contributed by atoms with Crippen LogP contribution in [0, 0.1) is 17.5 Å². The average Bonchev–Trinajstić information content (AvgIpc) is 3.10. The Balaban J connectivity index is 1.69. The number of anilines is 1. The molecule has 0 fully saturated rings. The third-order valence-corrected chi connectivity index (χ3v) is 4.07. The fourth-order valence-electron chi connectivity index (χ4n) is 2.75. The summed E-state index contributed by atoms with van der Waals surface area (Å²) >= 11 is 0. The molecule has 0 aliphatic rings. The molecule has 2 aromatic carbocycles. The molecule has 4 nitrogen and oxygen atoms in total. The summed E-state index contributed by atoms with van der Waals surface area (Å²) < 4.78 is 46.1. The summed E-state index contributed by atoms with van der Waals surface area (Å²) in [5.41, 5.74) is 0.300. The van der Waals surface area contributed by atoms with Crippen LogP contribution in [0.1, 0.15) is 19.2 Å². The fourth-order valence-corrected chi connectivity index (χ4v) is 2.75.